The van der Waals surface area contributed by atoms with Crippen LogP contribution in [0.25, 0.3) is 11.0 Å². The molecule has 9 nitrogen and oxygen atoms in total. The van der Waals surface area contributed by atoms with Gasteiger partial charge in [-0.15, -0.1) is 10.2 Å². The van der Waals surface area contributed by atoms with E-state index in [9.17, 15) is 9.18 Å². The number of carbonyl (C=O) groups excluding carboxylic acids is 1. The first-order chi connectivity index (χ1) is 18.4. The first kappa shape index (κ1) is 24.7. The van der Waals surface area contributed by atoms with E-state index < -0.39 is 5.82 Å². The van der Waals surface area contributed by atoms with Crippen molar-refractivity contribution >= 4 is 22.6 Å². The first-order valence-corrected chi connectivity index (χ1v) is 13.1. The van der Waals surface area contributed by atoms with Gasteiger partial charge in [-0.3, -0.25) is 9.69 Å². The summed E-state index contributed by atoms with van der Waals surface area (Å²) >= 11 is 0. The molecule has 2 N–H and O–H groups in total. The zero-order valence-electron chi connectivity index (χ0n) is 21.7. The summed E-state index contributed by atoms with van der Waals surface area (Å²) in [4.78, 5) is 23.1. The van der Waals surface area contributed by atoms with E-state index in [2.05, 4.69) is 37.3 Å². The van der Waals surface area contributed by atoms with Crippen LogP contribution in [-0.2, 0) is 30.2 Å². The van der Waals surface area contributed by atoms with E-state index in [1.807, 2.05) is 35.9 Å². The normalized spacial score (nSPS) is 19.4. The van der Waals surface area contributed by atoms with Crippen LogP contribution in [0.3, 0.4) is 0 Å². The Morgan fingerprint density at radius 2 is 2.18 bits per heavy atom. The van der Waals surface area contributed by atoms with Crippen LogP contribution in [0, 0.1) is 11.7 Å². The zero-order chi connectivity index (χ0) is 26.3. The summed E-state index contributed by atoms with van der Waals surface area (Å²) in [6.45, 7) is 6.01. The average molecular weight is 518 g/mol. The number of H-pyrrole nitrogens is 1. The van der Waals surface area contributed by atoms with Crippen molar-refractivity contribution in [3.8, 4) is 0 Å². The lowest BCUT2D eigenvalue weighted by Crippen LogP contribution is -2.49. The Labute approximate surface area is 220 Å². The Morgan fingerprint density at radius 1 is 1.32 bits per heavy atom. The van der Waals surface area contributed by atoms with Gasteiger partial charge < -0.3 is 19.6 Å². The molecule has 6 rings (SSSR count). The minimum Gasteiger partial charge on any atom is -0.379 e. The van der Waals surface area contributed by atoms with Crippen LogP contribution < -0.4 is 5.32 Å². The third kappa shape index (κ3) is 4.69. The number of fused-ring (bicyclic) bond motifs is 1. The van der Waals surface area contributed by atoms with E-state index in [0.717, 1.165) is 36.5 Å². The maximum absolute atomic E-state index is 14.6. The van der Waals surface area contributed by atoms with Crippen LogP contribution in [0.5, 0.6) is 0 Å². The summed E-state index contributed by atoms with van der Waals surface area (Å²) in [6.07, 6.45) is 6.04. The number of likely N-dealkylation sites (tertiary alicyclic amines) is 1. The van der Waals surface area contributed by atoms with Gasteiger partial charge in [0.15, 0.2) is 5.82 Å². The second-order valence-corrected chi connectivity index (χ2v) is 10.9. The van der Waals surface area contributed by atoms with E-state index >= 15 is 0 Å². The van der Waals surface area contributed by atoms with Crippen molar-refractivity contribution in [3.63, 3.8) is 0 Å². The molecule has 0 saturated carbocycles. The van der Waals surface area contributed by atoms with Crippen LogP contribution in [0.1, 0.15) is 47.2 Å². The molecular formula is C28H32FN7O2. The fraction of sp³-hybridized carbons (Fsp3) is 0.429. The second-order valence-electron chi connectivity index (χ2n) is 10.9. The number of anilines is 1. The summed E-state index contributed by atoms with van der Waals surface area (Å²) in [5.41, 5.74) is 3.40. The van der Waals surface area contributed by atoms with Gasteiger partial charge in [0, 0.05) is 43.9 Å². The molecule has 1 atom stereocenters. The molecule has 0 unspecified atom stereocenters. The number of pyridine rings is 1. The summed E-state index contributed by atoms with van der Waals surface area (Å²) in [6, 6.07) is 9.58. The van der Waals surface area contributed by atoms with Crippen molar-refractivity contribution in [1.82, 2.24) is 29.6 Å². The maximum atomic E-state index is 14.6. The lowest BCUT2D eigenvalue weighted by Gasteiger charge is -2.41. The number of aryl methyl sites for hydroxylation is 1. The smallest absolute Gasteiger partial charge is 0.274 e. The van der Waals surface area contributed by atoms with E-state index in [1.165, 1.54) is 12.6 Å². The number of amides is 1. The molecular weight excluding hydrogens is 485 g/mol. The Hall–Kier alpha value is -3.63. The zero-order valence-corrected chi connectivity index (χ0v) is 21.7. The molecule has 2 fully saturated rings. The van der Waals surface area contributed by atoms with Gasteiger partial charge in [-0.25, -0.2) is 9.37 Å². The Bertz CT molecular complexity index is 1480. The number of carbonyl (C=O) groups is 1. The minimum atomic E-state index is -0.458. The van der Waals surface area contributed by atoms with E-state index in [1.54, 1.807) is 12.4 Å². The number of hydrogen-bond acceptors (Lipinski definition) is 6. The van der Waals surface area contributed by atoms with Gasteiger partial charge >= 0.3 is 0 Å². The highest BCUT2D eigenvalue weighted by molar-refractivity contribution is 6.04. The SMILES string of the molecule is C[C@H]1CCCN(Cc2cc(C(=O)Nc3cccc(C4(Cc5nncn5C)COC4)c3)nc3c(F)c[nH]c23)C1. The summed E-state index contributed by atoms with van der Waals surface area (Å²) < 4.78 is 22.1. The topological polar surface area (TPSA) is 101 Å². The molecule has 0 spiro atoms. The molecule has 4 aromatic rings. The van der Waals surface area contributed by atoms with Gasteiger partial charge in [0.05, 0.1) is 18.7 Å². The monoisotopic (exact) mass is 517 g/mol. The van der Waals surface area contributed by atoms with Crippen LogP contribution in [-0.4, -0.2) is 61.8 Å². The van der Waals surface area contributed by atoms with Crippen molar-refractivity contribution in [2.75, 3.05) is 31.6 Å². The predicted octanol–water partition coefficient (Wildman–Crippen LogP) is 3.83. The maximum Gasteiger partial charge on any atom is 0.274 e. The molecule has 2 aliphatic rings. The number of rotatable bonds is 7. The molecule has 2 saturated heterocycles. The number of benzene rings is 1. The third-order valence-corrected chi connectivity index (χ3v) is 7.83. The highest BCUT2D eigenvalue weighted by Crippen LogP contribution is 2.36. The molecule has 2 aliphatic heterocycles. The van der Waals surface area contributed by atoms with Crippen LogP contribution in [0.15, 0.2) is 42.9 Å². The van der Waals surface area contributed by atoms with E-state index in [4.69, 9.17) is 4.74 Å². The van der Waals surface area contributed by atoms with E-state index in [-0.39, 0.29) is 22.5 Å². The first-order valence-electron chi connectivity index (χ1n) is 13.1. The Morgan fingerprint density at radius 3 is 2.92 bits per heavy atom. The van der Waals surface area contributed by atoms with Crippen molar-refractivity contribution in [1.29, 1.82) is 0 Å². The Balaban J connectivity index is 1.25. The highest BCUT2D eigenvalue weighted by Gasteiger charge is 2.41. The molecule has 5 heterocycles. The quantitative estimate of drug-likeness (QED) is 0.387. The number of ether oxygens (including phenoxy) is 1. The van der Waals surface area contributed by atoms with Gasteiger partial charge in [0.25, 0.3) is 5.91 Å². The molecule has 3 aromatic heterocycles. The number of nitrogens with one attached hydrogen (secondary N) is 2. The molecule has 0 radical (unpaired) electrons. The minimum absolute atomic E-state index is 0.195. The van der Waals surface area contributed by atoms with Crippen molar-refractivity contribution in [2.24, 2.45) is 13.0 Å². The summed E-state index contributed by atoms with van der Waals surface area (Å²) in [5.74, 6) is 0.671. The molecule has 0 bridgehead atoms. The average Bonchev–Trinajstić information content (AvgIpc) is 3.46. The summed E-state index contributed by atoms with van der Waals surface area (Å²) in [5, 5.41) is 11.2. The number of aromatic amines is 1. The lowest BCUT2D eigenvalue weighted by molar-refractivity contribution is -0.0610. The van der Waals surface area contributed by atoms with Gasteiger partial charge in [-0.1, -0.05) is 19.1 Å². The van der Waals surface area contributed by atoms with Crippen LogP contribution >= 0.6 is 0 Å². The largest absolute Gasteiger partial charge is 0.379 e. The molecule has 10 heteroatoms. The highest BCUT2D eigenvalue weighted by atomic mass is 19.1. The summed E-state index contributed by atoms with van der Waals surface area (Å²) in [7, 11) is 1.93. The number of hydrogen-bond donors (Lipinski definition) is 2. The predicted molar refractivity (Wildman–Crippen MR) is 141 cm³/mol. The number of nitrogens with zero attached hydrogens (tertiary/aromatic N) is 5. The molecule has 1 amide bonds. The van der Waals surface area contributed by atoms with Crippen LogP contribution in [0.2, 0.25) is 0 Å². The Kier molecular flexibility index (Phi) is 6.45. The molecule has 198 valence electrons. The van der Waals surface area contributed by atoms with Gasteiger partial charge in [-0.2, -0.15) is 0 Å². The molecule has 38 heavy (non-hydrogen) atoms. The van der Waals surface area contributed by atoms with Gasteiger partial charge in [0.1, 0.15) is 23.4 Å². The number of aromatic nitrogens is 5. The molecule has 1 aromatic carbocycles. The van der Waals surface area contributed by atoms with Gasteiger partial charge in [-0.05, 0) is 54.6 Å². The number of piperidine rings is 1. The van der Waals surface area contributed by atoms with Crippen molar-refractivity contribution in [3.05, 3.63) is 71.3 Å². The lowest BCUT2D eigenvalue weighted by atomic mass is 9.75. The van der Waals surface area contributed by atoms with Crippen molar-refractivity contribution < 1.29 is 13.9 Å². The standard InChI is InChI=1S/C28H32FN7O2/c1-18-5-4-8-36(13-18)14-19-9-23(33-26-22(29)12-30-25(19)26)27(37)32-21-7-3-6-20(10-21)28(15-38-16-28)11-24-34-31-17-35(24)2/h3,6-7,9-10,12,17-18,30H,4-5,8,11,13-16H2,1-2H3,(H,32,37)/t18-/m0/s1. The second kappa shape index (κ2) is 9.92. The fourth-order valence-corrected chi connectivity index (χ4v) is 5.66. The third-order valence-electron chi connectivity index (χ3n) is 7.83. The fourth-order valence-electron chi connectivity index (χ4n) is 5.66. The van der Waals surface area contributed by atoms with E-state index in [0.29, 0.717) is 43.3 Å². The number of halogens is 1. The van der Waals surface area contributed by atoms with Gasteiger partial charge in [0.2, 0.25) is 0 Å². The van der Waals surface area contributed by atoms with Crippen molar-refractivity contribution in [2.45, 2.75) is 38.1 Å². The van der Waals surface area contributed by atoms with Crippen LogP contribution in [0.4, 0.5) is 10.1 Å². The molecule has 0 aliphatic carbocycles.